The van der Waals surface area contributed by atoms with Crippen LogP contribution in [0, 0.1) is 0 Å². The number of aliphatic hydroxyl groups excluding tert-OH is 1. The van der Waals surface area contributed by atoms with E-state index < -0.39 is 0 Å². The molecule has 0 heterocycles. The predicted molar refractivity (Wildman–Crippen MR) is 41.0 cm³/mol. The van der Waals surface area contributed by atoms with E-state index in [1.807, 2.05) is 13.8 Å². The zero-order valence-corrected chi connectivity index (χ0v) is 6.92. The van der Waals surface area contributed by atoms with E-state index in [-0.39, 0.29) is 18.8 Å². The van der Waals surface area contributed by atoms with E-state index in [0.717, 1.165) is 6.54 Å². The zero-order chi connectivity index (χ0) is 7.98. The predicted octanol–water partition coefficient (Wildman–Crippen LogP) is -0.00830. The molecular formula is C7H17NO2. The van der Waals surface area contributed by atoms with Crippen molar-refractivity contribution in [1.82, 2.24) is 5.32 Å². The van der Waals surface area contributed by atoms with Gasteiger partial charge in [-0.05, 0) is 13.8 Å². The molecule has 0 bridgehead atoms. The van der Waals surface area contributed by atoms with Gasteiger partial charge in [0.05, 0.1) is 12.7 Å². The minimum absolute atomic E-state index is 0.164. The van der Waals surface area contributed by atoms with Crippen LogP contribution in [0.4, 0.5) is 0 Å². The molecule has 2 unspecified atom stereocenters. The molecule has 0 saturated heterocycles. The van der Waals surface area contributed by atoms with Gasteiger partial charge in [0.15, 0.2) is 0 Å². The number of ether oxygens (including phenoxy) is 1. The summed E-state index contributed by atoms with van der Waals surface area (Å²) < 4.78 is 5.00. The second-order valence-corrected chi connectivity index (χ2v) is 2.54. The molecule has 3 heteroatoms. The van der Waals surface area contributed by atoms with Crippen LogP contribution in [0.25, 0.3) is 0 Å². The van der Waals surface area contributed by atoms with Crippen molar-refractivity contribution >= 4 is 0 Å². The fourth-order valence-electron chi connectivity index (χ4n) is 0.515. The average Bonchev–Trinajstić information content (AvgIpc) is 1.99. The first-order valence-corrected chi connectivity index (χ1v) is 3.57. The fraction of sp³-hybridized carbons (Fsp3) is 1.00. The summed E-state index contributed by atoms with van der Waals surface area (Å²) in [5.41, 5.74) is 0. The summed E-state index contributed by atoms with van der Waals surface area (Å²) in [7, 11) is 1.68. The van der Waals surface area contributed by atoms with E-state index in [1.165, 1.54) is 0 Å². The van der Waals surface area contributed by atoms with E-state index in [1.54, 1.807) is 7.11 Å². The molecule has 2 N–H and O–H groups in total. The van der Waals surface area contributed by atoms with Gasteiger partial charge in [-0.2, -0.15) is 0 Å². The fourth-order valence-corrected chi connectivity index (χ4v) is 0.515. The van der Waals surface area contributed by atoms with Crippen molar-refractivity contribution in [3.63, 3.8) is 0 Å². The van der Waals surface area contributed by atoms with Crippen LogP contribution in [0.5, 0.6) is 0 Å². The Morgan fingerprint density at radius 2 is 2.10 bits per heavy atom. The lowest BCUT2D eigenvalue weighted by molar-refractivity contribution is 0.111. The first kappa shape index (κ1) is 9.88. The summed E-state index contributed by atoms with van der Waals surface area (Å²) in [6.45, 7) is 4.88. The normalized spacial score (nSPS) is 16.8. The lowest BCUT2D eigenvalue weighted by atomic mass is 10.3. The van der Waals surface area contributed by atoms with Crippen molar-refractivity contribution in [2.24, 2.45) is 0 Å². The largest absolute Gasteiger partial charge is 0.395 e. The molecule has 0 fully saturated rings. The summed E-state index contributed by atoms with van der Waals surface area (Å²) in [5, 5.41) is 11.7. The molecule has 0 aromatic rings. The van der Waals surface area contributed by atoms with Gasteiger partial charge < -0.3 is 15.2 Å². The van der Waals surface area contributed by atoms with Gasteiger partial charge >= 0.3 is 0 Å². The number of rotatable bonds is 5. The van der Waals surface area contributed by atoms with Crippen LogP contribution in [0.15, 0.2) is 0 Å². The van der Waals surface area contributed by atoms with E-state index in [2.05, 4.69) is 5.32 Å². The summed E-state index contributed by atoms with van der Waals surface area (Å²) >= 11 is 0. The lowest BCUT2D eigenvalue weighted by Crippen LogP contribution is -2.35. The Morgan fingerprint density at radius 1 is 1.50 bits per heavy atom. The van der Waals surface area contributed by atoms with Crippen LogP contribution in [0.3, 0.4) is 0 Å². The molecule has 2 atom stereocenters. The second-order valence-electron chi connectivity index (χ2n) is 2.54. The van der Waals surface area contributed by atoms with Gasteiger partial charge in [0.1, 0.15) is 0 Å². The molecule has 0 amide bonds. The summed E-state index contributed by atoms with van der Waals surface area (Å²) in [6, 6.07) is 0.164. The van der Waals surface area contributed by atoms with Gasteiger partial charge in [0.25, 0.3) is 0 Å². The molecule has 0 aliphatic rings. The third-order valence-corrected chi connectivity index (χ3v) is 1.43. The first-order valence-electron chi connectivity index (χ1n) is 3.57. The van der Waals surface area contributed by atoms with Crippen molar-refractivity contribution in [1.29, 1.82) is 0 Å². The van der Waals surface area contributed by atoms with Crippen LogP contribution < -0.4 is 5.32 Å². The monoisotopic (exact) mass is 147 g/mol. The number of methoxy groups -OCH3 is 1. The third kappa shape index (κ3) is 4.73. The standard InChI is InChI=1S/C7H17NO2/c1-6(5-9)8-4-7(2)10-3/h6-9H,4-5H2,1-3H3. The number of hydrogen-bond acceptors (Lipinski definition) is 3. The maximum Gasteiger partial charge on any atom is 0.0667 e. The van der Waals surface area contributed by atoms with Crippen LogP contribution in [0.1, 0.15) is 13.8 Å². The minimum Gasteiger partial charge on any atom is -0.395 e. The minimum atomic E-state index is 0.164. The van der Waals surface area contributed by atoms with Gasteiger partial charge in [0, 0.05) is 19.7 Å². The topological polar surface area (TPSA) is 41.5 Å². The summed E-state index contributed by atoms with van der Waals surface area (Å²) in [4.78, 5) is 0. The first-order chi connectivity index (χ1) is 4.70. The van der Waals surface area contributed by atoms with Crippen molar-refractivity contribution in [3.8, 4) is 0 Å². The Balaban J connectivity index is 3.17. The average molecular weight is 147 g/mol. The maximum absolute atomic E-state index is 8.62. The quantitative estimate of drug-likeness (QED) is 0.575. The van der Waals surface area contributed by atoms with Crippen molar-refractivity contribution in [2.75, 3.05) is 20.3 Å². The number of nitrogens with one attached hydrogen (secondary N) is 1. The Morgan fingerprint density at radius 3 is 2.50 bits per heavy atom. The van der Waals surface area contributed by atoms with Crippen LogP contribution in [-0.2, 0) is 4.74 Å². The Kier molecular flexibility index (Phi) is 5.58. The molecule has 10 heavy (non-hydrogen) atoms. The molecule has 0 radical (unpaired) electrons. The maximum atomic E-state index is 8.62. The molecule has 0 aliphatic heterocycles. The molecule has 0 spiro atoms. The molecule has 0 aliphatic carbocycles. The number of hydrogen-bond donors (Lipinski definition) is 2. The van der Waals surface area contributed by atoms with E-state index in [4.69, 9.17) is 9.84 Å². The molecule has 0 rings (SSSR count). The Bertz CT molecular complexity index is 68.0. The van der Waals surface area contributed by atoms with Gasteiger partial charge in [-0.3, -0.25) is 0 Å². The molecule has 0 aromatic carbocycles. The zero-order valence-electron chi connectivity index (χ0n) is 6.92. The number of aliphatic hydroxyl groups is 1. The molecular weight excluding hydrogens is 130 g/mol. The van der Waals surface area contributed by atoms with Gasteiger partial charge in [0.2, 0.25) is 0 Å². The van der Waals surface area contributed by atoms with Crippen molar-refractivity contribution in [3.05, 3.63) is 0 Å². The highest BCUT2D eigenvalue weighted by atomic mass is 16.5. The lowest BCUT2D eigenvalue weighted by Gasteiger charge is -2.14. The van der Waals surface area contributed by atoms with Crippen LogP contribution >= 0.6 is 0 Å². The van der Waals surface area contributed by atoms with Crippen LogP contribution in [0.2, 0.25) is 0 Å². The van der Waals surface area contributed by atoms with E-state index >= 15 is 0 Å². The SMILES string of the molecule is COC(C)CNC(C)CO. The Labute approximate surface area is 62.4 Å². The summed E-state index contributed by atoms with van der Waals surface area (Å²) in [5.74, 6) is 0. The van der Waals surface area contributed by atoms with Crippen molar-refractivity contribution < 1.29 is 9.84 Å². The smallest absolute Gasteiger partial charge is 0.0667 e. The Hall–Kier alpha value is -0.120. The second kappa shape index (κ2) is 5.65. The molecule has 3 nitrogen and oxygen atoms in total. The highest BCUT2D eigenvalue weighted by molar-refractivity contribution is 4.60. The van der Waals surface area contributed by atoms with Gasteiger partial charge in [-0.1, -0.05) is 0 Å². The van der Waals surface area contributed by atoms with Crippen molar-refractivity contribution in [2.45, 2.75) is 26.0 Å². The molecule has 62 valence electrons. The van der Waals surface area contributed by atoms with E-state index in [0.29, 0.717) is 0 Å². The molecule has 0 saturated carbocycles. The highest BCUT2D eigenvalue weighted by Crippen LogP contribution is 1.85. The van der Waals surface area contributed by atoms with Gasteiger partial charge in [-0.15, -0.1) is 0 Å². The molecule has 0 aromatic heterocycles. The van der Waals surface area contributed by atoms with E-state index in [9.17, 15) is 0 Å². The third-order valence-electron chi connectivity index (χ3n) is 1.43. The highest BCUT2D eigenvalue weighted by Gasteiger charge is 2.01. The summed E-state index contributed by atoms with van der Waals surface area (Å²) in [6.07, 6.45) is 0.217. The van der Waals surface area contributed by atoms with Gasteiger partial charge in [-0.25, -0.2) is 0 Å². The van der Waals surface area contributed by atoms with Crippen LogP contribution in [-0.4, -0.2) is 37.5 Å².